The lowest BCUT2D eigenvalue weighted by Crippen LogP contribution is -2.50. The fourth-order valence-electron chi connectivity index (χ4n) is 2.48. The van der Waals surface area contributed by atoms with Gasteiger partial charge in [-0.15, -0.1) is 0 Å². The van der Waals surface area contributed by atoms with Crippen molar-refractivity contribution in [1.29, 1.82) is 0 Å². The van der Waals surface area contributed by atoms with Gasteiger partial charge in [0, 0.05) is 12.2 Å². The van der Waals surface area contributed by atoms with Crippen LogP contribution >= 0.6 is 0 Å². The molecule has 1 heterocycles. The minimum atomic E-state index is -1.04. The average Bonchev–Trinajstić information content (AvgIpc) is 2.39. The number of carboxylic acids is 1. The maximum atomic E-state index is 12.2. The van der Waals surface area contributed by atoms with Crippen LogP contribution in [0.4, 0.5) is 10.5 Å². The number of rotatable bonds is 2. The van der Waals surface area contributed by atoms with Crippen molar-refractivity contribution >= 4 is 17.7 Å². The van der Waals surface area contributed by atoms with Crippen molar-refractivity contribution < 1.29 is 19.8 Å². The Hall–Kier alpha value is -2.08. The first-order chi connectivity index (χ1) is 9.78. The number of piperidine rings is 1. The largest absolute Gasteiger partial charge is 0.478 e. The van der Waals surface area contributed by atoms with Gasteiger partial charge in [-0.3, -0.25) is 0 Å². The molecule has 2 amide bonds. The van der Waals surface area contributed by atoms with Crippen molar-refractivity contribution in [3.63, 3.8) is 0 Å². The number of amides is 2. The highest BCUT2D eigenvalue weighted by Gasteiger charge is 2.31. The molecule has 2 rings (SSSR count). The number of nitrogens with one attached hydrogen (secondary N) is 1. The molecule has 6 nitrogen and oxygen atoms in total. The smallest absolute Gasteiger partial charge is 0.335 e. The summed E-state index contributed by atoms with van der Waals surface area (Å²) in [5.74, 6) is -1.04. The Kier molecular flexibility index (Phi) is 4.18. The molecule has 0 bridgehead atoms. The highest BCUT2D eigenvalue weighted by Crippen LogP contribution is 2.22. The summed E-state index contributed by atoms with van der Waals surface area (Å²) in [5, 5.41) is 21.8. The number of carbonyl (C=O) groups excluding carboxylic acids is 1. The van der Waals surface area contributed by atoms with Crippen molar-refractivity contribution in [3.8, 4) is 0 Å². The van der Waals surface area contributed by atoms with E-state index in [1.807, 2.05) is 0 Å². The quantitative estimate of drug-likeness (QED) is 0.778. The summed E-state index contributed by atoms with van der Waals surface area (Å²) in [7, 11) is 0. The number of urea groups is 1. The van der Waals surface area contributed by atoms with Gasteiger partial charge in [0.15, 0.2) is 0 Å². The number of β-amino-alcohol motifs (C(OH)–C–C–N with tert-alkyl or cyclic N) is 1. The topological polar surface area (TPSA) is 89.9 Å². The summed E-state index contributed by atoms with van der Waals surface area (Å²) in [4.78, 5) is 24.8. The average molecular weight is 292 g/mol. The Morgan fingerprint density at radius 2 is 2.10 bits per heavy atom. The molecule has 21 heavy (non-hydrogen) atoms. The van der Waals surface area contributed by atoms with Crippen LogP contribution in [0, 0.1) is 6.92 Å². The van der Waals surface area contributed by atoms with E-state index in [1.165, 1.54) is 12.1 Å². The summed E-state index contributed by atoms with van der Waals surface area (Å²) in [6.07, 6.45) is 1.42. The molecule has 0 radical (unpaired) electrons. The summed E-state index contributed by atoms with van der Waals surface area (Å²) in [6, 6.07) is 4.28. The number of hydrogen-bond acceptors (Lipinski definition) is 3. The third-order valence-corrected chi connectivity index (χ3v) is 3.69. The van der Waals surface area contributed by atoms with Gasteiger partial charge in [-0.1, -0.05) is 6.07 Å². The molecule has 1 aliphatic rings. The molecule has 1 aromatic rings. The van der Waals surface area contributed by atoms with E-state index >= 15 is 0 Å². The molecular weight excluding hydrogens is 272 g/mol. The van der Waals surface area contributed by atoms with Crippen LogP contribution in [-0.2, 0) is 0 Å². The minimum absolute atomic E-state index is 0.126. The number of carbonyl (C=O) groups is 2. The zero-order valence-electron chi connectivity index (χ0n) is 12.2. The fourth-order valence-corrected chi connectivity index (χ4v) is 2.48. The molecule has 1 saturated heterocycles. The van der Waals surface area contributed by atoms with Gasteiger partial charge in [0.1, 0.15) is 0 Å². The number of nitrogens with zero attached hydrogens (tertiary/aromatic N) is 1. The molecule has 0 saturated carbocycles. The van der Waals surface area contributed by atoms with Gasteiger partial charge in [0.05, 0.1) is 17.7 Å². The Morgan fingerprint density at radius 1 is 1.38 bits per heavy atom. The molecule has 1 fully saturated rings. The van der Waals surface area contributed by atoms with Crippen LogP contribution in [0.15, 0.2) is 18.2 Å². The Labute approximate surface area is 123 Å². The first kappa shape index (κ1) is 15.3. The lowest BCUT2D eigenvalue weighted by atomic mass is 9.95. The number of aromatic carboxylic acids is 1. The standard InChI is InChI=1S/C15H20N2O4/c1-10-4-5-11(13(18)19)8-12(10)16-14(20)17-7-3-6-15(2,21)9-17/h4-5,8,21H,3,6-7,9H2,1-2H3,(H,16,20)(H,18,19). The van der Waals surface area contributed by atoms with Gasteiger partial charge >= 0.3 is 12.0 Å². The maximum Gasteiger partial charge on any atom is 0.335 e. The number of hydrogen-bond donors (Lipinski definition) is 3. The molecule has 1 atom stereocenters. The van der Waals surface area contributed by atoms with E-state index in [0.29, 0.717) is 18.7 Å². The minimum Gasteiger partial charge on any atom is -0.478 e. The maximum absolute atomic E-state index is 12.2. The van der Waals surface area contributed by atoms with Gasteiger partial charge in [-0.25, -0.2) is 9.59 Å². The van der Waals surface area contributed by atoms with E-state index in [4.69, 9.17) is 5.11 Å². The van der Waals surface area contributed by atoms with Crippen molar-refractivity contribution in [1.82, 2.24) is 4.90 Å². The molecule has 0 aromatic heterocycles. The number of benzene rings is 1. The predicted molar refractivity (Wildman–Crippen MR) is 78.6 cm³/mol. The molecule has 114 valence electrons. The monoisotopic (exact) mass is 292 g/mol. The Bertz CT molecular complexity index is 569. The Morgan fingerprint density at radius 3 is 2.71 bits per heavy atom. The molecule has 0 spiro atoms. The van der Waals surface area contributed by atoms with Crippen LogP contribution in [0.2, 0.25) is 0 Å². The van der Waals surface area contributed by atoms with Crippen molar-refractivity contribution in [2.24, 2.45) is 0 Å². The normalized spacial score (nSPS) is 22.0. The fraction of sp³-hybridized carbons (Fsp3) is 0.467. The molecule has 1 unspecified atom stereocenters. The van der Waals surface area contributed by atoms with Gasteiger partial charge in [-0.2, -0.15) is 0 Å². The van der Waals surface area contributed by atoms with Crippen molar-refractivity contribution in [2.45, 2.75) is 32.3 Å². The van der Waals surface area contributed by atoms with Gasteiger partial charge in [-0.05, 0) is 44.4 Å². The molecular formula is C15H20N2O4. The first-order valence-corrected chi connectivity index (χ1v) is 6.91. The van der Waals surface area contributed by atoms with Crippen LogP contribution in [-0.4, -0.2) is 45.8 Å². The second kappa shape index (κ2) is 5.73. The lowest BCUT2D eigenvalue weighted by molar-refractivity contribution is -0.000637. The van der Waals surface area contributed by atoms with Crippen LogP contribution in [0.1, 0.15) is 35.7 Å². The highest BCUT2D eigenvalue weighted by atomic mass is 16.4. The third kappa shape index (κ3) is 3.72. The van der Waals surface area contributed by atoms with E-state index in [-0.39, 0.29) is 18.1 Å². The van der Waals surface area contributed by atoms with Gasteiger partial charge in [0.25, 0.3) is 0 Å². The SMILES string of the molecule is Cc1ccc(C(=O)O)cc1NC(=O)N1CCCC(C)(O)C1. The number of carboxylic acid groups (broad SMARTS) is 1. The third-order valence-electron chi connectivity index (χ3n) is 3.69. The van der Waals surface area contributed by atoms with E-state index in [9.17, 15) is 14.7 Å². The zero-order valence-corrected chi connectivity index (χ0v) is 12.2. The lowest BCUT2D eigenvalue weighted by Gasteiger charge is -2.36. The van der Waals surface area contributed by atoms with E-state index < -0.39 is 11.6 Å². The van der Waals surface area contributed by atoms with Crippen LogP contribution in [0.5, 0.6) is 0 Å². The first-order valence-electron chi connectivity index (χ1n) is 6.91. The second-order valence-electron chi connectivity index (χ2n) is 5.79. The van der Waals surface area contributed by atoms with E-state index in [2.05, 4.69) is 5.32 Å². The van der Waals surface area contributed by atoms with Gasteiger partial charge < -0.3 is 20.4 Å². The molecule has 3 N–H and O–H groups in total. The van der Waals surface area contributed by atoms with Crippen molar-refractivity contribution in [2.75, 3.05) is 18.4 Å². The summed E-state index contributed by atoms with van der Waals surface area (Å²) in [5.41, 5.74) is 0.525. The summed E-state index contributed by atoms with van der Waals surface area (Å²) < 4.78 is 0. The molecule has 6 heteroatoms. The summed E-state index contributed by atoms with van der Waals surface area (Å²) in [6.45, 7) is 4.37. The number of aliphatic hydroxyl groups is 1. The van der Waals surface area contributed by atoms with Crippen LogP contribution < -0.4 is 5.32 Å². The number of anilines is 1. The molecule has 1 aromatic carbocycles. The van der Waals surface area contributed by atoms with Crippen LogP contribution in [0.25, 0.3) is 0 Å². The summed E-state index contributed by atoms with van der Waals surface area (Å²) >= 11 is 0. The number of aryl methyl sites for hydroxylation is 1. The second-order valence-corrected chi connectivity index (χ2v) is 5.79. The predicted octanol–water partition coefficient (Wildman–Crippen LogP) is 2.07. The zero-order chi connectivity index (χ0) is 15.6. The van der Waals surface area contributed by atoms with Gasteiger partial charge in [0.2, 0.25) is 0 Å². The highest BCUT2D eigenvalue weighted by molar-refractivity contribution is 5.94. The van der Waals surface area contributed by atoms with Crippen molar-refractivity contribution in [3.05, 3.63) is 29.3 Å². The van der Waals surface area contributed by atoms with Crippen LogP contribution in [0.3, 0.4) is 0 Å². The number of likely N-dealkylation sites (tertiary alicyclic amines) is 1. The van der Waals surface area contributed by atoms with E-state index in [1.54, 1.807) is 24.8 Å². The molecule has 1 aliphatic heterocycles. The molecule has 0 aliphatic carbocycles. The van der Waals surface area contributed by atoms with E-state index in [0.717, 1.165) is 12.0 Å². The Balaban J connectivity index is 2.12.